The van der Waals surface area contributed by atoms with Gasteiger partial charge < -0.3 is 0 Å². The molecular formula is C16H30. The van der Waals surface area contributed by atoms with Crippen LogP contribution in [0.15, 0.2) is 0 Å². The molecule has 0 N–H and O–H groups in total. The van der Waals surface area contributed by atoms with E-state index in [-0.39, 0.29) is 0 Å². The molecule has 0 heteroatoms. The van der Waals surface area contributed by atoms with E-state index in [2.05, 4.69) is 32.6 Å². The second kappa shape index (κ2) is 12.6. The van der Waals surface area contributed by atoms with Crippen molar-refractivity contribution in [2.45, 2.75) is 85.0 Å². The van der Waals surface area contributed by atoms with E-state index < -0.39 is 0 Å². The van der Waals surface area contributed by atoms with Crippen molar-refractivity contribution in [3.8, 4) is 11.8 Å². The summed E-state index contributed by atoms with van der Waals surface area (Å²) in [6.07, 6.45) is 13.0. The molecule has 0 aromatic carbocycles. The number of unbranched alkanes of at least 4 members (excludes halogenated alkanes) is 6. The topological polar surface area (TPSA) is 0 Å². The standard InChI is InChI=1S/C16H30/c1-4-6-8-9-10-11-13-15-16(3)14-12-7-5-2/h16H,4-10,12,14-15H2,1-3H3. The fraction of sp³-hybridized carbons (Fsp3) is 0.875. The van der Waals surface area contributed by atoms with Crippen molar-refractivity contribution in [1.29, 1.82) is 0 Å². The summed E-state index contributed by atoms with van der Waals surface area (Å²) in [5, 5.41) is 0. The highest BCUT2D eigenvalue weighted by molar-refractivity contribution is 4.99. The van der Waals surface area contributed by atoms with Gasteiger partial charge in [-0.05, 0) is 18.8 Å². The molecule has 0 nitrogen and oxygen atoms in total. The van der Waals surface area contributed by atoms with Crippen molar-refractivity contribution >= 4 is 0 Å². The van der Waals surface area contributed by atoms with E-state index in [0.717, 1.165) is 18.8 Å². The van der Waals surface area contributed by atoms with Crippen LogP contribution in [0, 0.1) is 17.8 Å². The van der Waals surface area contributed by atoms with E-state index in [1.54, 1.807) is 0 Å². The van der Waals surface area contributed by atoms with Crippen molar-refractivity contribution in [3.63, 3.8) is 0 Å². The summed E-state index contributed by atoms with van der Waals surface area (Å²) < 4.78 is 0. The third kappa shape index (κ3) is 11.6. The summed E-state index contributed by atoms with van der Waals surface area (Å²) in [5.74, 6) is 7.46. The lowest BCUT2D eigenvalue weighted by Gasteiger charge is -2.05. The smallest absolute Gasteiger partial charge is 0.0114 e. The Bertz CT molecular complexity index is 182. The Labute approximate surface area is 103 Å². The quantitative estimate of drug-likeness (QED) is 0.353. The molecule has 0 aromatic heterocycles. The lowest BCUT2D eigenvalue weighted by molar-refractivity contribution is 0.506. The molecule has 0 aliphatic heterocycles. The maximum atomic E-state index is 3.34. The highest BCUT2D eigenvalue weighted by atomic mass is 14.0. The monoisotopic (exact) mass is 222 g/mol. The predicted molar refractivity (Wildman–Crippen MR) is 74.5 cm³/mol. The Hall–Kier alpha value is -0.440. The van der Waals surface area contributed by atoms with Gasteiger partial charge in [0, 0.05) is 12.8 Å². The fourth-order valence-corrected chi connectivity index (χ4v) is 1.82. The van der Waals surface area contributed by atoms with Crippen LogP contribution in [0.3, 0.4) is 0 Å². The summed E-state index contributed by atoms with van der Waals surface area (Å²) in [7, 11) is 0. The van der Waals surface area contributed by atoms with Crippen molar-refractivity contribution < 1.29 is 0 Å². The third-order valence-corrected chi connectivity index (χ3v) is 3.03. The van der Waals surface area contributed by atoms with Crippen LogP contribution in [0.2, 0.25) is 0 Å². The van der Waals surface area contributed by atoms with Gasteiger partial charge in [-0.2, -0.15) is 0 Å². The average Bonchev–Trinajstić information content (AvgIpc) is 2.28. The van der Waals surface area contributed by atoms with Crippen molar-refractivity contribution in [1.82, 2.24) is 0 Å². The molecule has 0 aliphatic rings. The van der Waals surface area contributed by atoms with Crippen LogP contribution in [0.5, 0.6) is 0 Å². The lowest BCUT2D eigenvalue weighted by Crippen LogP contribution is -1.92. The van der Waals surface area contributed by atoms with E-state index in [1.165, 1.54) is 51.4 Å². The average molecular weight is 222 g/mol. The summed E-state index contributed by atoms with van der Waals surface area (Å²) in [6.45, 7) is 6.85. The molecule has 0 rings (SSSR count). The van der Waals surface area contributed by atoms with Crippen molar-refractivity contribution in [2.75, 3.05) is 0 Å². The van der Waals surface area contributed by atoms with Gasteiger partial charge in [0.25, 0.3) is 0 Å². The predicted octanol–water partition coefficient (Wildman–Crippen LogP) is 5.57. The number of rotatable bonds is 9. The number of hydrogen-bond acceptors (Lipinski definition) is 0. The van der Waals surface area contributed by atoms with Gasteiger partial charge >= 0.3 is 0 Å². The van der Waals surface area contributed by atoms with Crippen LogP contribution in [-0.4, -0.2) is 0 Å². The molecule has 0 heterocycles. The van der Waals surface area contributed by atoms with Crippen LogP contribution in [0.25, 0.3) is 0 Å². The fourth-order valence-electron chi connectivity index (χ4n) is 1.82. The van der Waals surface area contributed by atoms with Gasteiger partial charge in [0.05, 0.1) is 0 Å². The molecule has 0 bridgehead atoms. The van der Waals surface area contributed by atoms with Crippen LogP contribution in [0.1, 0.15) is 85.0 Å². The molecule has 0 radical (unpaired) electrons. The molecule has 0 aliphatic carbocycles. The largest absolute Gasteiger partial charge is 0.103 e. The molecule has 0 spiro atoms. The zero-order valence-electron chi connectivity index (χ0n) is 11.6. The Kier molecular flexibility index (Phi) is 12.3. The van der Waals surface area contributed by atoms with Gasteiger partial charge in [0.2, 0.25) is 0 Å². The molecule has 0 aromatic rings. The molecule has 16 heavy (non-hydrogen) atoms. The van der Waals surface area contributed by atoms with E-state index in [0.29, 0.717) is 0 Å². The van der Waals surface area contributed by atoms with E-state index in [9.17, 15) is 0 Å². The Morgan fingerprint density at radius 1 is 0.812 bits per heavy atom. The molecule has 1 unspecified atom stereocenters. The first-order chi connectivity index (χ1) is 7.81. The Morgan fingerprint density at radius 3 is 2.19 bits per heavy atom. The third-order valence-electron chi connectivity index (χ3n) is 3.03. The maximum Gasteiger partial charge on any atom is 0.0114 e. The second-order valence-corrected chi connectivity index (χ2v) is 4.97. The summed E-state index contributed by atoms with van der Waals surface area (Å²) in [5.41, 5.74) is 0. The SMILES string of the molecule is CCCCCCC#CCC(C)CCCCC. The molecule has 0 amide bonds. The first-order valence-electron chi connectivity index (χ1n) is 7.27. The zero-order chi connectivity index (χ0) is 12.1. The minimum Gasteiger partial charge on any atom is -0.103 e. The molecular weight excluding hydrogens is 192 g/mol. The zero-order valence-corrected chi connectivity index (χ0v) is 11.6. The van der Waals surface area contributed by atoms with E-state index in [1.807, 2.05) is 0 Å². The summed E-state index contributed by atoms with van der Waals surface area (Å²) in [6, 6.07) is 0. The van der Waals surface area contributed by atoms with Gasteiger partial charge in [-0.1, -0.05) is 59.3 Å². The number of hydrogen-bond donors (Lipinski definition) is 0. The Morgan fingerprint density at radius 2 is 1.50 bits per heavy atom. The maximum absolute atomic E-state index is 3.34. The lowest BCUT2D eigenvalue weighted by atomic mass is 10.0. The summed E-state index contributed by atoms with van der Waals surface area (Å²) >= 11 is 0. The van der Waals surface area contributed by atoms with Crippen LogP contribution >= 0.6 is 0 Å². The van der Waals surface area contributed by atoms with Gasteiger partial charge in [0.15, 0.2) is 0 Å². The van der Waals surface area contributed by atoms with Crippen molar-refractivity contribution in [3.05, 3.63) is 0 Å². The van der Waals surface area contributed by atoms with Crippen LogP contribution in [-0.2, 0) is 0 Å². The molecule has 0 saturated carbocycles. The normalized spacial score (nSPS) is 11.9. The molecule has 1 atom stereocenters. The van der Waals surface area contributed by atoms with Gasteiger partial charge in [-0.15, -0.1) is 11.8 Å². The highest BCUT2D eigenvalue weighted by Gasteiger charge is 1.98. The van der Waals surface area contributed by atoms with Gasteiger partial charge in [-0.25, -0.2) is 0 Å². The Balaban J connectivity index is 3.30. The summed E-state index contributed by atoms with van der Waals surface area (Å²) in [4.78, 5) is 0. The van der Waals surface area contributed by atoms with Gasteiger partial charge in [-0.3, -0.25) is 0 Å². The van der Waals surface area contributed by atoms with Crippen LogP contribution in [0.4, 0.5) is 0 Å². The van der Waals surface area contributed by atoms with E-state index in [4.69, 9.17) is 0 Å². The van der Waals surface area contributed by atoms with E-state index >= 15 is 0 Å². The minimum atomic E-state index is 0.801. The van der Waals surface area contributed by atoms with Gasteiger partial charge in [0.1, 0.15) is 0 Å². The highest BCUT2D eigenvalue weighted by Crippen LogP contribution is 2.12. The minimum absolute atomic E-state index is 0.801. The van der Waals surface area contributed by atoms with Crippen molar-refractivity contribution in [2.24, 2.45) is 5.92 Å². The molecule has 94 valence electrons. The first-order valence-corrected chi connectivity index (χ1v) is 7.27. The second-order valence-electron chi connectivity index (χ2n) is 4.97. The molecule has 0 fully saturated rings. The molecule has 0 saturated heterocycles. The first kappa shape index (κ1) is 15.6. The van der Waals surface area contributed by atoms with Crippen LogP contribution < -0.4 is 0 Å².